The van der Waals surface area contributed by atoms with Crippen molar-refractivity contribution in [1.82, 2.24) is 0 Å². The third kappa shape index (κ3) is 2.18. The van der Waals surface area contributed by atoms with Gasteiger partial charge in [0.15, 0.2) is 0 Å². The molecule has 126 valence electrons. The molecule has 4 aliphatic rings. The van der Waals surface area contributed by atoms with E-state index in [9.17, 15) is 29.7 Å². The zero-order valence-corrected chi connectivity index (χ0v) is 13.4. The van der Waals surface area contributed by atoms with Gasteiger partial charge in [-0.05, 0) is 56.3 Å². The first kappa shape index (κ1) is 16.0. The molecular formula is C17H22O6. The van der Waals surface area contributed by atoms with Crippen molar-refractivity contribution in [2.45, 2.75) is 52.4 Å². The van der Waals surface area contributed by atoms with E-state index < -0.39 is 34.2 Å². The second kappa shape index (κ2) is 4.36. The van der Waals surface area contributed by atoms with Gasteiger partial charge in [-0.15, -0.1) is 0 Å². The lowest BCUT2D eigenvalue weighted by Gasteiger charge is -2.67. The van der Waals surface area contributed by atoms with Gasteiger partial charge in [0.1, 0.15) is 0 Å². The molecule has 4 rings (SSSR count). The molecule has 2 unspecified atom stereocenters. The molecule has 0 aromatic rings. The Balaban J connectivity index is 2.17. The van der Waals surface area contributed by atoms with Crippen LogP contribution in [0.4, 0.5) is 0 Å². The number of allylic oxidation sites excluding steroid dienone is 1. The minimum atomic E-state index is -1.06. The molecule has 0 aliphatic heterocycles. The molecule has 0 aromatic heterocycles. The molecule has 4 aliphatic carbocycles. The number of aliphatic carboxylic acids is 3. The molecule has 4 bridgehead atoms. The van der Waals surface area contributed by atoms with Gasteiger partial charge in [-0.25, -0.2) is 4.79 Å². The lowest BCUT2D eigenvalue weighted by Crippen LogP contribution is -2.64. The second-order valence-electron chi connectivity index (χ2n) is 8.54. The molecule has 4 fully saturated rings. The normalized spacial score (nSPS) is 45.0. The number of carboxylic acids is 3. The summed E-state index contributed by atoms with van der Waals surface area (Å²) in [7, 11) is 0. The Morgan fingerprint density at radius 3 is 1.70 bits per heavy atom. The quantitative estimate of drug-likeness (QED) is 0.686. The molecule has 6 nitrogen and oxygen atoms in total. The number of carboxylic acid groups (broad SMARTS) is 3. The zero-order valence-electron chi connectivity index (χ0n) is 13.4. The van der Waals surface area contributed by atoms with Crippen molar-refractivity contribution in [3.05, 3.63) is 11.6 Å². The highest BCUT2D eigenvalue weighted by Crippen LogP contribution is 2.74. The van der Waals surface area contributed by atoms with E-state index in [2.05, 4.69) is 0 Å². The number of hydrogen-bond donors (Lipinski definition) is 3. The third-order valence-corrected chi connectivity index (χ3v) is 6.13. The van der Waals surface area contributed by atoms with Gasteiger partial charge >= 0.3 is 17.9 Å². The van der Waals surface area contributed by atoms with Crippen molar-refractivity contribution >= 4 is 17.9 Å². The Hall–Kier alpha value is -1.85. The molecule has 0 amide bonds. The van der Waals surface area contributed by atoms with Crippen LogP contribution < -0.4 is 0 Å². The Bertz CT molecular complexity index is 615. The van der Waals surface area contributed by atoms with E-state index in [1.54, 1.807) is 6.08 Å². The van der Waals surface area contributed by atoms with Crippen LogP contribution in [-0.4, -0.2) is 33.2 Å². The Morgan fingerprint density at radius 1 is 0.826 bits per heavy atom. The Labute approximate surface area is 134 Å². The van der Waals surface area contributed by atoms with Gasteiger partial charge in [-0.1, -0.05) is 13.0 Å². The van der Waals surface area contributed by atoms with E-state index in [-0.39, 0.29) is 17.4 Å². The first-order chi connectivity index (χ1) is 10.5. The number of rotatable bonds is 4. The van der Waals surface area contributed by atoms with Gasteiger partial charge in [0.25, 0.3) is 0 Å². The highest BCUT2D eigenvalue weighted by Gasteiger charge is 2.71. The fraction of sp³-hybridized carbons (Fsp3) is 0.706. The lowest BCUT2D eigenvalue weighted by atomic mass is 9.35. The van der Waals surface area contributed by atoms with Crippen LogP contribution in [0.2, 0.25) is 0 Å². The first-order valence-corrected chi connectivity index (χ1v) is 7.85. The maximum Gasteiger partial charge on any atom is 0.330 e. The van der Waals surface area contributed by atoms with E-state index in [0.717, 1.165) is 0 Å². The lowest BCUT2D eigenvalue weighted by molar-refractivity contribution is -0.210. The fourth-order valence-corrected chi connectivity index (χ4v) is 6.36. The molecule has 6 heteroatoms. The molecule has 2 atom stereocenters. The van der Waals surface area contributed by atoms with Crippen LogP contribution >= 0.6 is 0 Å². The van der Waals surface area contributed by atoms with Crippen LogP contribution in [0.25, 0.3) is 0 Å². The molecule has 0 aromatic carbocycles. The van der Waals surface area contributed by atoms with Crippen LogP contribution in [0.3, 0.4) is 0 Å². The molecule has 3 N–H and O–H groups in total. The van der Waals surface area contributed by atoms with Gasteiger partial charge in [0, 0.05) is 5.57 Å². The molecular weight excluding hydrogens is 300 g/mol. The van der Waals surface area contributed by atoms with Crippen molar-refractivity contribution < 1.29 is 29.7 Å². The average molecular weight is 322 g/mol. The smallest absolute Gasteiger partial charge is 0.330 e. The summed E-state index contributed by atoms with van der Waals surface area (Å²) in [6.45, 7) is 3.45. The largest absolute Gasteiger partial charge is 0.481 e. The number of hydrogen-bond acceptors (Lipinski definition) is 3. The summed E-state index contributed by atoms with van der Waals surface area (Å²) >= 11 is 0. The van der Waals surface area contributed by atoms with Gasteiger partial charge in [0.05, 0.1) is 10.8 Å². The van der Waals surface area contributed by atoms with Gasteiger partial charge in [-0.2, -0.15) is 0 Å². The summed E-state index contributed by atoms with van der Waals surface area (Å²) < 4.78 is 0. The monoisotopic (exact) mass is 322 g/mol. The van der Waals surface area contributed by atoms with Crippen molar-refractivity contribution in [2.75, 3.05) is 0 Å². The predicted octanol–water partition coefficient (Wildman–Crippen LogP) is 2.53. The van der Waals surface area contributed by atoms with Crippen molar-refractivity contribution in [3.63, 3.8) is 0 Å². The van der Waals surface area contributed by atoms with Crippen molar-refractivity contribution in [2.24, 2.45) is 21.7 Å². The summed E-state index contributed by atoms with van der Waals surface area (Å²) in [6, 6.07) is 0. The van der Waals surface area contributed by atoms with Crippen LogP contribution in [-0.2, 0) is 14.4 Å². The number of carbonyl (C=O) groups is 3. The Kier molecular flexibility index (Phi) is 3.04. The first-order valence-electron chi connectivity index (χ1n) is 7.85. The van der Waals surface area contributed by atoms with E-state index in [1.807, 2.05) is 6.92 Å². The molecule has 23 heavy (non-hydrogen) atoms. The average Bonchev–Trinajstić information content (AvgIpc) is 2.34. The van der Waals surface area contributed by atoms with Gasteiger partial charge < -0.3 is 15.3 Å². The standard InChI is InChI=1S/C17H22O6/c1-10(11(18)19)3-15-4-14(2)5-16(7-15,12(20)21)9-17(6-14,8-15)13(22)23/h3H,4-9H2,1-2H3,(H,18,19)(H,20,21)(H,22,23). The van der Waals surface area contributed by atoms with Crippen LogP contribution in [0.1, 0.15) is 52.4 Å². The van der Waals surface area contributed by atoms with E-state index in [4.69, 9.17) is 0 Å². The van der Waals surface area contributed by atoms with E-state index in [0.29, 0.717) is 32.1 Å². The summed E-state index contributed by atoms with van der Waals surface area (Å²) in [6.07, 6.45) is 4.09. The van der Waals surface area contributed by atoms with Crippen LogP contribution in [0.5, 0.6) is 0 Å². The Morgan fingerprint density at radius 2 is 1.30 bits per heavy atom. The molecule has 0 heterocycles. The predicted molar refractivity (Wildman–Crippen MR) is 79.8 cm³/mol. The van der Waals surface area contributed by atoms with Crippen LogP contribution in [0.15, 0.2) is 11.6 Å². The molecule has 4 saturated carbocycles. The molecule has 0 spiro atoms. The topological polar surface area (TPSA) is 112 Å². The van der Waals surface area contributed by atoms with Crippen molar-refractivity contribution in [3.8, 4) is 0 Å². The van der Waals surface area contributed by atoms with Crippen LogP contribution in [0, 0.1) is 21.7 Å². The highest BCUT2D eigenvalue weighted by atomic mass is 16.4. The summed E-state index contributed by atoms with van der Waals surface area (Å²) in [4.78, 5) is 35.2. The summed E-state index contributed by atoms with van der Waals surface area (Å²) in [5, 5.41) is 28.8. The fourth-order valence-electron chi connectivity index (χ4n) is 6.36. The maximum absolute atomic E-state index is 12.0. The molecule has 0 radical (unpaired) electrons. The van der Waals surface area contributed by atoms with E-state index >= 15 is 0 Å². The van der Waals surface area contributed by atoms with E-state index in [1.165, 1.54) is 6.92 Å². The minimum absolute atomic E-state index is 0.155. The van der Waals surface area contributed by atoms with Gasteiger partial charge in [-0.3, -0.25) is 9.59 Å². The molecule has 0 saturated heterocycles. The highest BCUT2D eigenvalue weighted by molar-refractivity contribution is 5.86. The SMILES string of the molecule is CC(=CC12CC3(C)CC(C(=O)O)(C1)CC(C(=O)O)(C3)C2)C(=O)O. The second-order valence-corrected chi connectivity index (χ2v) is 8.54. The maximum atomic E-state index is 12.0. The summed E-state index contributed by atoms with van der Waals surface area (Å²) in [5.74, 6) is -2.93. The minimum Gasteiger partial charge on any atom is -0.481 e. The van der Waals surface area contributed by atoms with Gasteiger partial charge in [0.2, 0.25) is 0 Å². The zero-order chi connectivity index (χ0) is 17.3. The third-order valence-electron chi connectivity index (χ3n) is 6.13. The summed E-state index contributed by atoms with van der Waals surface area (Å²) in [5.41, 5.74) is -2.98. The van der Waals surface area contributed by atoms with Crippen molar-refractivity contribution in [1.29, 1.82) is 0 Å².